The summed E-state index contributed by atoms with van der Waals surface area (Å²) in [7, 11) is 9.70. The van der Waals surface area contributed by atoms with Crippen LogP contribution in [-0.2, 0) is 4.43 Å². The lowest BCUT2D eigenvalue weighted by atomic mass is 10.8. The summed E-state index contributed by atoms with van der Waals surface area (Å²) in [6, 6.07) is 0. The molecule has 0 aromatic rings. The van der Waals surface area contributed by atoms with Gasteiger partial charge in [-0.25, -0.2) is 0 Å². The van der Waals surface area contributed by atoms with Gasteiger partial charge in [0.1, 0.15) is 0 Å². The van der Waals surface area contributed by atoms with Crippen LogP contribution in [0.4, 0.5) is 0 Å². The van der Waals surface area contributed by atoms with Crippen molar-refractivity contribution in [3.05, 3.63) is 0 Å². The summed E-state index contributed by atoms with van der Waals surface area (Å²) in [6.07, 6.45) is 0. The maximum Gasteiger partial charge on any atom is 0.193 e. The Balaban J connectivity index is 3.73. The molecule has 0 aliphatic carbocycles. The van der Waals surface area contributed by atoms with Gasteiger partial charge in [0.15, 0.2) is 9.76 Å². The first kappa shape index (κ1) is 10.1. The van der Waals surface area contributed by atoms with Crippen LogP contribution in [-0.4, -0.2) is 60.7 Å². The summed E-state index contributed by atoms with van der Waals surface area (Å²) in [5.41, 5.74) is 0. The molecular formula is C6H18N2OSi. The standard InChI is InChI=1S/C6H18N2OSi/c1-7(2)6(8(3)4)10-9-5/h6H,10H2,1-5H3. The Hall–Kier alpha value is 0.0969. The van der Waals surface area contributed by atoms with Crippen LogP contribution in [0.5, 0.6) is 0 Å². The van der Waals surface area contributed by atoms with Crippen LogP contribution in [0, 0.1) is 0 Å². The maximum absolute atomic E-state index is 5.18. The van der Waals surface area contributed by atoms with Gasteiger partial charge in [-0.05, 0) is 28.2 Å². The molecule has 0 aliphatic heterocycles. The van der Waals surface area contributed by atoms with Crippen LogP contribution in [0.1, 0.15) is 0 Å². The van der Waals surface area contributed by atoms with Gasteiger partial charge < -0.3 is 4.43 Å². The minimum atomic E-state index is -0.407. The quantitative estimate of drug-likeness (QED) is 0.394. The zero-order chi connectivity index (χ0) is 8.15. The monoisotopic (exact) mass is 162 g/mol. The van der Waals surface area contributed by atoms with Crippen LogP contribution in [0.25, 0.3) is 0 Å². The van der Waals surface area contributed by atoms with Crippen LogP contribution >= 0.6 is 0 Å². The summed E-state index contributed by atoms with van der Waals surface area (Å²) < 4.78 is 5.18. The highest BCUT2D eigenvalue weighted by Gasteiger charge is 2.12. The van der Waals surface area contributed by atoms with E-state index in [1.165, 1.54) is 0 Å². The highest BCUT2D eigenvalue weighted by atomic mass is 28.2. The molecule has 0 saturated heterocycles. The Bertz CT molecular complexity index is 79.8. The van der Waals surface area contributed by atoms with E-state index in [-0.39, 0.29) is 0 Å². The predicted molar refractivity (Wildman–Crippen MR) is 46.7 cm³/mol. The normalized spacial score (nSPS) is 13.2. The van der Waals surface area contributed by atoms with E-state index in [1.54, 1.807) is 7.11 Å². The van der Waals surface area contributed by atoms with Gasteiger partial charge in [-0.15, -0.1) is 0 Å². The minimum Gasteiger partial charge on any atom is -0.424 e. The molecule has 0 N–H and O–H groups in total. The van der Waals surface area contributed by atoms with E-state index in [9.17, 15) is 0 Å². The minimum absolute atomic E-state index is 0.407. The Morgan fingerprint density at radius 2 is 1.50 bits per heavy atom. The zero-order valence-corrected chi connectivity index (χ0v) is 9.00. The molecule has 0 aromatic carbocycles. The van der Waals surface area contributed by atoms with Crippen molar-refractivity contribution in [3.8, 4) is 0 Å². The predicted octanol–water partition coefficient (Wildman–Crippen LogP) is -0.877. The van der Waals surface area contributed by atoms with Gasteiger partial charge >= 0.3 is 0 Å². The fraction of sp³-hybridized carbons (Fsp3) is 1.00. The second-order valence-corrected chi connectivity index (χ2v) is 4.50. The lowest BCUT2D eigenvalue weighted by Gasteiger charge is -2.29. The molecule has 4 heteroatoms. The molecule has 0 aromatic heterocycles. The first-order valence-corrected chi connectivity index (χ1v) is 4.80. The van der Waals surface area contributed by atoms with Crippen molar-refractivity contribution in [2.45, 2.75) is 5.79 Å². The average Bonchev–Trinajstić information content (AvgIpc) is 1.81. The van der Waals surface area contributed by atoms with Gasteiger partial charge in [-0.3, -0.25) is 9.80 Å². The molecule has 0 amide bonds. The molecule has 0 atom stereocenters. The van der Waals surface area contributed by atoms with E-state index in [0.29, 0.717) is 5.79 Å². The van der Waals surface area contributed by atoms with Gasteiger partial charge in [0.2, 0.25) is 0 Å². The van der Waals surface area contributed by atoms with E-state index < -0.39 is 9.76 Å². The summed E-state index contributed by atoms with van der Waals surface area (Å²) in [5, 5.41) is 0. The van der Waals surface area contributed by atoms with Crippen molar-refractivity contribution in [1.82, 2.24) is 9.80 Å². The van der Waals surface area contributed by atoms with Gasteiger partial charge in [-0.1, -0.05) is 0 Å². The van der Waals surface area contributed by atoms with E-state index >= 15 is 0 Å². The van der Waals surface area contributed by atoms with E-state index in [4.69, 9.17) is 4.43 Å². The highest BCUT2D eigenvalue weighted by molar-refractivity contribution is 6.29. The van der Waals surface area contributed by atoms with E-state index in [0.717, 1.165) is 0 Å². The Labute approximate surface area is 65.9 Å². The third-order valence-electron chi connectivity index (χ3n) is 1.51. The van der Waals surface area contributed by atoms with Gasteiger partial charge in [0.25, 0.3) is 0 Å². The van der Waals surface area contributed by atoms with Crippen molar-refractivity contribution in [2.24, 2.45) is 0 Å². The number of nitrogens with zero attached hydrogens (tertiary/aromatic N) is 2. The first-order chi connectivity index (χ1) is 4.59. The summed E-state index contributed by atoms with van der Waals surface area (Å²) >= 11 is 0. The summed E-state index contributed by atoms with van der Waals surface area (Å²) in [4.78, 5) is 4.38. The molecule has 0 saturated carbocycles. The topological polar surface area (TPSA) is 15.7 Å². The lowest BCUT2D eigenvalue weighted by molar-refractivity contribution is 0.183. The number of hydrogen-bond donors (Lipinski definition) is 0. The number of rotatable bonds is 4. The van der Waals surface area contributed by atoms with Crippen molar-refractivity contribution in [2.75, 3.05) is 35.3 Å². The van der Waals surface area contributed by atoms with Crippen molar-refractivity contribution in [1.29, 1.82) is 0 Å². The first-order valence-electron chi connectivity index (χ1n) is 3.41. The maximum atomic E-state index is 5.18. The Morgan fingerprint density at radius 1 is 1.10 bits per heavy atom. The second kappa shape index (κ2) is 4.84. The van der Waals surface area contributed by atoms with Crippen LogP contribution in [0.2, 0.25) is 0 Å². The molecule has 0 rings (SSSR count). The third kappa shape index (κ3) is 3.31. The zero-order valence-electron chi connectivity index (χ0n) is 7.59. The van der Waals surface area contributed by atoms with Gasteiger partial charge in [0.05, 0.1) is 5.79 Å². The molecule has 0 unspecified atom stereocenters. The SMILES string of the molecule is CO[SiH2]C(N(C)C)N(C)C. The van der Waals surface area contributed by atoms with Crippen molar-refractivity contribution >= 4 is 9.76 Å². The molecule has 0 spiro atoms. The second-order valence-electron chi connectivity index (χ2n) is 2.86. The molecule has 0 fully saturated rings. The molecule has 0 bridgehead atoms. The van der Waals surface area contributed by atoms with Gasteiger partial charge in [0, 0.05) is 7.11 Å². The lowest BCUT2D eigenvalue weighted by Crippen LogP contribution is -2.45. The van der Waals surface area contributed by atoms with Crippen LogP contribution < -0.4 is 0 Å². The fourth-order valence-corrected chi connectivity index (χ4v) is 1.80. The van der Waals surface area contributed by atoms with E-state index in [1.807, 2.05) is 0 Å². The third-order valence-corrected chi connectivity index (χ3v) is 3.60. The van der Waals surface area contributed by atoms with Crippen molar-refractivity contribution < 1.29 is 4.43 Å². The molecule has 10 heavy (non-hydrogen) atoms. The van der Waals surface area contributed by atoms with Crippen LogP contribution in [0.15, 0.2) is 0 Å². The van der Waals surface area contributed by atoms with Crippen molar-refractivity contribution in [3.63, 3.8) is 0 Å². The average molecular weight is 162 g/mol. The number of hydrogen-bond acceptors (Lipinski definition) is 3. The van der Waals surface area contributed by atoms with E-state index in [2.05, 4.69) is 38.0 Å². The molecule has 62 valence electrons. The van der Waals surface area contributed by atoms with Crippen LogP contribution in [0.3, 0.4) is 0 Å². The Morgan fingerprint density at radius 3 is 1.60 bits per heavy atom. The fourth-order valence-electron chi connectivity index (χ4n) is 0.909. The molecule has 0 heterocycles. The smallest absolute Gasteiger partial charge is 0.193 e. The summed E-state index contributed by atoms with van der Waals surface area (Å²) in [5.74, 6) is 0.519. The molecule has 0 radical (unpaired) electrons. The molecule has 0 aliphatic rings. The summed E-state index contributed by atoms with van der Waals surface area (Å²) in [6.45, 7) is 0. The molecular weight excluding hydrogens is 144 g/mol. The largest absolute Gasteiger partial charge is 0.424 e. The Kier molecular flexibility index (Phi) is 4.89. The highest BCUT2D eigenvalue weighted by Crippen LogP contribution is 1.93. The van der Waals surface area contributed by atoms with Gasteiger partial charge in [-0.2, -0.15) is 0 Å². The molecule has 3 nitrogen and oxygen atoms in total.